The summed E-state index contributed by atoms with van der Waals surface area (Å²) in [5.41, 5.74) is 2.87. The van der Waals surface area contributed by atoms with Gasteiger partial charge in [0.05, 0.1) is 11.8 Å². The number of H-pyrrole nitrogens is 1. The van der Waals surface area contributed by atoms with Crippen molar-refractivity contribution in [3.05, 3.63) is 66.1 Å². The fourth-order valence-electron chi connectivity index (χ4n) is 3.99. The molecular formula is C25H29F2N5O. The van der Waals surface area contributed by atoms with E-state index in [1.165, 1.54) is 11.9 Å². The van der Waals surface area contributed by atoms with Gasteiger partial charge in [-0.15, -0.1) is 0 Å². The van der Waals surface area contributed by atoms with Crippen LogP contribution in [0.4, 0.5) is 20.2 Å². The lowest BCUT2D eigenvalue weighted by atomic mass is 10.2. The second-order valence-electron chi connectivity index (χ2n) is 8.03. The van der Waals surface area contributed by atoms with E-state index in [4.69, 9.17) is 4.74 Å². The van der Waals surface area contributed by atoms with E-state index in [-0.39, 0.29) is 16.7 Å². The van der Waals surface area contributed by atoms with Crippen LogP contribution in [0.2, 0.25) is 0 Å². The summed E-state index contributed by atoms with van der Waals surface area (Å²) in [5.74, 6) is -0.836. The van der Waals surface area contributed by atoms with Gasteiger partial charge in [0.15, 0.2) is 17.4 Å². The molecule has 3 aromatic rings. The second-order valence-corrected chi connectivity index (χ2v) is 8.03. The molecule has 0 amide bonds. The van der Waals surface area contributed by atoms with E-state index in [1.54, 1.807) is 26.1 Å². The SMILES string of the molecule is CCN1CCN(c2ccc(NC(/C=C/Oc3cc(F)c4[nH]c(C)cc4c3F)=NC)cc2)CC1. The lowest BCUT2D eigenvalue weighted by Gasteiger charge is -2.35. The van der Waals surface area contributed by atoms with Crippen LogP contribution in [0, 0.1) is 18.6 Å². The fourth-order valence-corrected chi connectivity index (χ4v) is 3.99. The molecule has 174 valence electrons. The predicted molar refractivity (Wildman–Crippen MR) is 130 cm³/mol. The largest absolute Gasteiger partial charge is 0.462 e. The van der Waals surface area contributed by atoms with Crippen LogP contribution in [0.25, 0.3) is 10.9 Å². The van der Waals surface area contributed by atoms with Crippen LogP contribution < -0.4 is 15.0 Å². The number of rotatable bonds is 6. The molecule has 0 saturated carbocycles. The van der Waals surface area contributed by atoms with Gasteiger partial charge in [0.25, 0.3) is 0 Å². The van der Waals surface area contributed by atoms with Crippen molar-refractivity contribution in [2.45, 2.75) is 13.8 Å². The van der Waals surface area contributed by atoms with Gasteiger partial charge in [0.1, 0.15) is 5.84 Å². The number of benzene rings is 2. The van der Waals surface area contributed by atoms with Crippen LogP contribution in [-0.4, -0.2) is 55.5 Å². The Morgan fingerprint density at radius 2 is 1.88 bits per heavy atom. The van der Waals surface area contributed by atoms with Gasteiger partial charge in [0, 0.05) is 67.8 Å². The average Bonchev–Trinajstić information content (AvgIpc) is 3.24. The van der Waals surface area contributed by atoms with E-state index in [0.717, 1.165) is 44.5 Å². The third-order valence-electron chi connectivity index (χ3n) is 5.89. The lowest BCUT2D eigenvalue weighted by Crippen LogP contribution is -2.46. The molecule has 1 aliphatic heterocycles. The number of aryl methyl sites for hydroxylation is 1. The molecule has 8 heteroatoms. The Hall–Kier alpha value is -3.39. The smallest absolute Gasteiger partial charge is 0.175 e. The monoisotopic (exact) mass is 453 g/mol. The number of piperazine rings is 1. The minimum atomic E-state index is -0.612. The highest BCUT2D eigenvalue weighted by molar-refractivity contribution is 6.03. The highest BCUT2D eigenvalue weighted by Crippen LogP contribution is 2.29. The molecular weight excluding hydrogens is 424 g/mol. The molecule has 0 bridgehead atoms. The molecule has 2 N–H and O–H groups in total. The minimum absolute atomic E-state index is 0.134. The van der Waals surface area contributed by atoms with Crippen LogP contribution in [-0.2, 0) is 0 Å². The van der Waals surface area contributed by atoms with Crippen LogP contribution in [0.5, 0.6) is 5.75 Å². The first-order valence-electron chi connectivity index (χ1n) is 11.1. The van der Waals surface area contributed by atoms with Crippen molar-refractivity contribution in [3.63, 3.8) is 0 Å². The number of likely N-dealkylation sites (N-methyl/N-ethyl adjacent to an activating group) is 1. The molecule has 1 saturated heterocycles. The van der Waals surface area contributed by atoms with E-state index < -0.39 is 11.6 Å². The van der Waals surface area contributed by atoms with Crippen LogP contribution in [0.1, 0.15) is 12.6 Å². The van der Waals surface area contributed by atoms with E-state index in [1.807, 2.05) is 12.1 Å². The summed E-state index contributed by atoms with van der Waals surface area (Å²) < 4.78 is 34.3. The standard InChI is InChI=1S/C25H29F2N5O/c1-4-31-10-12-32(13-11-31)19-7-5-18(6-8-19)30-23(28-3)9-14-33-22-16-21(26)25-20(24(22)27)15-17(2)29-25/h5-9,14-16,29H,4,10-13H2,1-3H3,(H,28,30)/b14-9+. The van der Waals surface area contributed by atoms with Crippen molar-refractivity contribution in [1.29, 1.82) is 0 Å². The van der Waals surface area contributed by atoms with Crippen LogP contribution in [0.3, 0.4) is 0 Å². The maximum atomic E-state index is 14.7. The lowest BCUT2D eigenvalue weighted by molar-refractivity contribution is 0.271. The van der Waals surface area contributed by atoms with Crippen molar-refractivity contribution in [2.24, 2.45) is 4.99 Å². The van der Waals surface area contributed by atoms with Crippen molar-refractivity contribution in [2.75, 3.05) is 50.0 Å². The Labute approximate surface area is 192 Å². The van der Waals surface area contributed by atoms with Crippen LogP contribution >= 0.6 is 0 Å². The molecule has 4 rings (SSSR count). The maximum absolute atomic E-state index is 14.7. The highest BCUT2D eigenvalue weighted by Gasteiger charge is 2.16. The predicted octanol–water partition coefficient (Wildman–Crippen LogP) is 4.93. The molecule has 2 aromatic carbocycles. The fraction of sp³-hybridized carbons (Fsp3) is 0.320. The highest BCUT2D eigenvalue weighted by atomic mass is 19.1. The Morgan fingerprint density at radius 1 is 1.15 bits per heavy atom. The van der Waals surface area contributed by atoms with E-state index in [9.17, 15) is 8.78 Å². The van der Waals surface area contributed by atoms with Gasteiger partial charge >= 0.3 is 0 Å². The van der Waals surface area contributed by atoms with E-state index in [0.29, 0.717) is 11.5 Å². The maximum Gasteiger partial charge on any atom is 0.175 e. The second kappa shape index (κ2) is 10.0. The Bertz CT molecular complexity index is 1160. The summed E-state index contributed by atoms with van der Waals surface area (Å²) in [6.45, 7) is 9.23. The summed E-state index contributed by atoms with van der Waals surface area (Å²) in [6.07, 6.45) is 2.86. The number of hydrogen-bond donors (Lipinski definition) is 2. The molecule has 0 spiro atoms. The first-order chi connectivity index (χ1) is 16.0. The summed E-state index contributed by atoms with van der Waals surface area (Å²) in [7, 11) is 1.64. The Balaban J connectivity index is 1.38. The van der Waals surface area contributed by atoms with Crippen molar-refractivity contribution >= 4 is 28.1 Å². The van der Waals surface area contributed by atoms with Gasteiger partial charge in [-0.3, -0.25) is 4.99 Å². The van der Waals surface area contributed by atoms with Gasteiger partial charge in [-0.05, 0) is 43.8 Å². The number of aromatic nitrogens is 1. The molecule has 33 heavy (non-hydrogen) atoms. The molecule has 1 aromatic heterocycles. The number of fused-ring (bicyclic) bond motifs is 1. The number of hydrogen-bond acceptors (Lipinski definition) is 4. The van der Waals surface area contributed by atoms with Crippen molar-refractivity contribution < 1.29 is 13.5 Å². The number of anilines is 2. The van der Waals surface area contributed by atoms with Gasteiger partial charge < -0.3 is 24.8 Å². The minimum Gasteiger partial charge on any atom is -0.462 e. The number of nitrogens with one attached hydrogen (secondary N) is 2. The Morgan fingerprint density at radius 3 is 2.55 bits per heavy atom. The number of aliphatic imine (C=N–C) groups is 1. The van der Waals surface area contributed by atoms with Gasteiger partial charge in [-0.1, -0.05) is 6.92 Å². The van der Waals surface area contributed by atoms with Crippen molar-refractivity contribution in [3.8, 4) is 5.75 Å². The van der Waals surface area contributed by atoms with E-state index >= 15 is 0 Å². The summed E-state index contributed by atoms with van der Waals surface area (Å²) in [5, 5.41) is 3.37. The molecule has 0 radical (unpaired) electrons. The number of ether oxygens (including phenoxy) is 1. The zero-order valence-corrected chi connectivity index (χ0v) is 19.2. The summed E-state index contributed by atoms with van der Waals surface area (Å²) in [6, 6.07) is 10.8. The first-order valence-corrected chi connectivity index (χ1v) is 11.1. The first kappa shape index (κ1) is 22.8. The van der Waals surface area contributed by atoms with Crippen LogP contribution in [0.15, 0.2) is 53.7 Å². The van der Waals surface area contributed by atoms with Gasteiger partial charge in [-0.25, -0.2) is 8.78 Å². The average molecular weight is 454 g/mol. The van der Waals surface area contributed by atoms with Gasteiger partial charge in [-0.2, -0.15) is 0 Å². The summed E-state index contributed by atoms with van der Waals surface area (Å²) >= 11 is 0. The van der Waals surface area contributed by atoms with Gasteiger partial charge in [0.2, 0.25) is 0 Å². The number of aromatic amines is 1. The third-order valence-corrected chi connectivity index (χ3v) is 5.89. The number of halogens is 2. The number of amidine groups is 1. The molecule has 0 atom stereocenters. The zero-order valence-electron chi connectivity index (χ0n) is 19.2. The molecule has 0 unspecified atom stereocenters. The zero-order chi connectivity index (χ0) is 23.4. The quantitative estimate of drug-likeness (QED) is 0.316. The van der Waals surface area contributed by atoms with E-state index in [2.05, 4.69) is 44.1 Å². The molecule has 1 aliphatic rings. The number of nitrogens with zero attached hydrogens (tertiary/aromatic N) is 3. The van der Waals surface area contributed by atoms with Crippen molar-refractivity contribution in [1.82, 2.24) is 9.88 Å². The third kappa shape index (κ3) is 5.17. The topological polar surface area (TPSA) is 55.9 Å². The normalized spacial score (nSPS) is 15.5. The molecule has 0 aliphatic carbocycles. The molecule has 2 heterocycles. The molecule has 6 nitrogen and oxygen atoms in total. The Kier molecular flexibility index (Phi) is 6.93. The summed E-state index contributed by atoms with van der Waals surface area (Å²) in [4.78, 5) is 11.8. The molecule has 1 fully saturated rings.